The predicted octanol–water partition coefficient (Wildman–Crippen LogP) is 2.05. The minimum atomic E-state index is -0.422. The van der Waals surface area contributed by atoms with Crippen molar-refractivity contribution in [2.75, 3.05) is 59.5 Å². The fourth-order valence-electron chi connectivity index (χ4n) is 3.86. The Labute approximate surface area is 158 Å². The van der Waals surface area contributed by atoms with Crippen molar-refractivity contribution in [3.63, 3.8) is 0 Å². The lowest BCUT2D eigenvalue weighted by Gasteiger charge is -2.32. The zero-order chi connectivity index (χ0) is 18.2. The van der Waals surface area contributed by atoms with Gasteiger partial charge in [-0.3, -0.25) is 4.90 Å². The summed E-state index contributed by atoms with van der Waals surface area (Å²) in [6.07, 6.45) is 4.73. The van der Waals surface area contributed by atoms with Gasteiger partial charge in [-0.25, -0.2) is 0 Å². The molecule has 1 atom stereocenters. The van der Waals surface area contributed by atoms with Crippen molar-refractivity contribution in [1.82, 2.24) is 14.7 Å². The molecule has 0 aromatic heterocycles. The second kappa shape index (κ2) is 10.3. The number of ether oxygens (including phenoxy) is 1. The van der Waals surface area contributed by atoms with E-state index in [1.807, 2.05) is 6.07 Å². The van der Waals surface area contributed by atoms with Gasteiger partial charge in [0.1, 0.15) is 18.5 Å². The monoisotopic (exact) mass is 361 g/mol. The van der Waals surface area contributed by atoms with Gasteiger partial charge in [0.05, 0.1) is 0 Å². The van der Waals surface area contributed by atoms with Crippen LogP contribution in [0.15, 0.2) is 24.3 Å². The first-order valence-electron chi connectivity index (χ1n) is 10.2. The SMILES string of the molecule is CN1CCN(Cc2cccc(OCC(O)CN3CCCCCC3)c2)CC1. The van der Waals surface area contributed by atoms with E-state index in [1.165, 1.54) is 31.2 Å². The smallest absolute Gasteiger partial charge is 0.119 e. The van der Waals surface area contributed by atoms with Crippen molar-refractivity contribution in [3.05, 3.63) is 29.8 Å². The maximum absolute atomic E-state index is 10.3. The molecule has 0 spiro atoms. The van der Waals surface area contributed by atoms with Crippen molar-refractivity contribution in [3.8, 4) is 5.75 Å². The molecule has 146 valence electrons. The fourth-order valence-corrected chi connectivity index (χ4v) is 3.86. The molecule has 0 bridgehead atoms. The molecule has 1 aromatic rings. The highest BCUT2D eigenvalue weighted by Gasteiger charge is 2.16. The van der Waals surface area contributed by atoms with Crippen LogP contribution >= 0.6 is 0 Å². The van der Waals surface area contributed by atoms with Crippen LogP contribution in [0.1, 0.15) is 31.2 Å². The molecule has 0 saturated carbocycles. The summed E-state index contributed by atoms with van der Waals surface area (Å²) in [5.74, 6) is 0.867. The highest BCUT2D eigenvalue weighted by Crippen LogP contribution is 2.16. The van der Waals surface area contributed by atoms with Crippen LogP contribution in [0.4, 0.5) is 0 Å². The number of nitrogens with zero attached hydrogens (tertiary/aromatic N) is 3. The number of β-amino-alcohol motifs (C(OH)–C–C–N with tert-alkyl or cyclic N) is 1. The number of likely N-dealkylation sites (N-methyl/N-ethyl adjacent to an activating group) is 1. The van der Waals surface area contributed by atoms with Gasteiger partial charge in [-0.2, -0.15) is 0 Å². The summed E-state index contributed by atoms with van der Waals surface area (Å²) >= 11 is 0. The highest BCUT2D eigenvalue weighted by molar-refractivity contribution is 5.28. The van der Waals surface area contributed by atoms with Crippen molar-refractivity contribution >= 4 is 0 Å². The maximum atomic E-state index is 10.3. The molecule has 1 N–H and O–H groups in total. The molecule has 3 rings (SSSR count). The van der Waals surface area contributed by atoms with Gasteiger partial charge in [-0.15, -0.1) is 0 Å². The number of aliphatic hydroxyl groups is 1. The predicted molar refractivity (Wildman–Crippen MR) is 106 cm³/mol. The Balaban J connectivity index is 1.42. The molecule has 2 fully saturated rings. The van der Waals surface area contributed by atoms with Crippen LogP contribution in [0.5, 0.6) is 5.75 Å². The Hall–Kier alpha value is -1.14. The van der Waals surface area contributed by atoms with Crippen LogP contribution in [0.25, 0.3) is 0 Å². The molecule has 2 heterocycles. The Morgan fingerprint density at radius 3 is 2.42 bits per heavy atom. The van der Waals surface area contributed by atoms with E-state index >= 15 is 0 Å². The van der Waals surface area contributed by atoms with Gasteiger partial charge in [0.25, 0.3) is 0 Å². The van der Waals surface area contributed by atoms with Crippen LogP contribution in [0.3, 0.4) is 0 Å². The first-order valence-corrected chi connectivity index (χ1v) is 10.2. The van der Waals surface area contributed by atoms with Crippen LogP contribution in [-0.4, -0.2) is 85.4 Å². The third-order valence-corrected chi connectivity index (χ3v) is 5.51. The molecule has 26 heavy (non-hydrogen) atoms. The third kappa shape index (κ3) is 6.54. The number of benzene rings is 1. The molecule has 2 aliphatic rings. The van der Waals surface area contributed by atoms with E-state index in [9.17, 15) is 5.11 Å². The van der Waals surface area contributed by atoms with Crippen molar-refractivity contribution < 1.29 is 9.84 Å². The zero-order valence-electron chi connectivity index (χ0n) is 16.3. The van der Waals surface area contributed by atoms with Gasteiger partial charge in [-0.05, 0) is 50.7 Å². The average Bonchev–Trinajstić information content (AvgIpc) is 2.91. The number of rotatable bonds is 7. The standard InChI is InChI=1S/C21H35N3O2/c1-22-11-13-24(14-12-22)16-19-7-6-8-21(15-19)26-18-20(25)17-23-9-4-2-3-5-10-23/h6-8,15,20,25H,2-5,9-14,16-18H2,1H3. The maximum Gasteiger partial charge on any atom is 0.119 e. The van der Waals surface area contributed by atoms with Crippen LogP contribution in [0, 0.1) is 0 Å². The van der Waals surface area contributed by atoms with Gasteiger partial charge in [0, 0.05) is 39.3 Å². The lowest BCUT2D eigenvalue weighted by Crippen LogP contribution is -2.43. The minimum Gasteiger partial charge on any atom is -0.491 e. The fraction of sp³-hybridized carbons (Fsp3) is 0.714. The lowest BCUT2D eigenvalue weighted by molar-refractivity contribution is 0.0693. The Bertz CT molecular complexity index is 524. The summed E-state index contributed by atoms with van der Waals surface area (Å²) in [6, 6.07) is 8.34. The summed E-state index contributed by atoms with van der Waals surface area (Å²) in [6.45, 7) is 8.80. The number of likely N-dealkylation sites (tertiary alicyclic amines) is 1. The summed E-state index contributed by atoms with van der Waals surface area (Å²) in [7, 11) is 2.18. The molecule has 5 heteroatoms. The molecule has 1 aromatic carbocycles. The van der Waals surface area contributed by atoms with E-state index < -0.39 is 6.10 Å². The van der Waals surface area contributed by atoms with E-state index in [2.05, 4.69) is 39.9 Å². The van der Waals surface area contributed by atoms with E-state index in [-0.39, 0.29) is 0 Å². The van der Waals surface area contributed by atoms with Crippen LogP contribution < -0.4 is 4.74 Å². The zero-order valence-corrected chi connectivity index (χ0v) is 16.3. The van der Waals surface area contributed by atoms with E-state index in [1.54, 1.807) is 0 Å². The normalized spacial score (nSPS) is 22.1. The van der Waals surface area contributed by atoms with E-state index in [0.29, 0.717) is 6.61 Å². The Morgan fingerprint density at radius 1 is 0.962 bits per heavy atom. The molecule has 0 radical (unpaired) electrons. The highest BCUT2D eigenvalue weighted by atomic mass is 16.5. The van der Waals surface area contributed by atoms with Gasteiger partial charge >= 0.3 is 0 Å². The molecule has 0 amide bonds. The van der Waals surface area contributed by atoms with Crippen molar-refractivity contribution in [2.45, 2.75) is 38.3 Å². The molecular weight excluding hydrogens is 326 g/mol. The molecule has 5 nitrogen and oxygen atoms in total. The molecule has 2 aliphatic heterocycles. The second-order valence-electron chi connectivity index (χ2n) is 7.91. The summed E-state index contributed by atoms with van der Waals surface area (Å²) in [5, 5.41) is 10.3. The lowest BCUT2D eigenvalue weighted by atomic mass is 10.2. The Morgan fingerprint density at radius 2 is 1.69 bits per heavy atom. The third-order valence-electron chi connectivity index (χ3n) is 5.51. The Kier molecular flexibility index (Phi) is 7.74. The molecule has 0 aliphatic carbocycles. The molecule has 2 saturated heterocycles. The summed E-state index contributed by atoms with van der Waals surface area (Å²) in [5.41, 5.74) is 1.29. The quantitative estimate of drug-likeness (QED) is 0.805. The topological polar surface area (TPSA) is 39.2 Å². The van der Waals surface area contributed by atoms with Crippen LogP contribution in [0.2, 0.25) is 0 Å². The first-order chi connectivity index (χ1) is 12.7. The average molecular weight is 362 g/mol. The van der Waals surface area contributed by atoms with Gasteiger partial charge in [-0.1, -0.05) is 25.0 Å². The molecular formula is C21H35N3O2. The second-order valence-corrected chi connectivity index (χ2v) is 7.91. The van der Waals surface area contributed by atoms with Gasteiger partial charge in [0.15, 0.2) is 0 Å². The number of hydrogen-bond acceptors (Lipinski definition) is 5. The van der Waals surface area contributed by atoms with Crippen molar-refractivity contribution in [1.29, 1.82) is 0 Å². The number of hydrogen-bond donors (Lipinski definition) is 1. The van der Waals surface area contributed by atoms with Crippen molar-refractivity contribution in [2.24, 2.45) is 0 Å². The summed E-state index contributed by atoms with van der Waals surface area (Å²) in [4.78, 5) is 7.25. The summed E-state index contributed by atoms with van der Waals surface area (Å²) < 4.78 is 5.88. The number of piperazine rings is 1. The van der Waals surface area contributed by atoms with Gasteiger partial charge in [0.2, 0.25) is 0 Å². The van der Waals surface area contributed by atoms with E-state index in [4.69, 9.17) is 4.74 Å². The molecule has 1 unspecified atom stereocenters. The van der Waals surface area contributed by atoms with Crippen LogP contribution in [-0.2, 0) is 6.54 Å². The van der Waals surface area contributed by atoms with E-state index in [0.717, 1.165) is 58.1 Å². The number of aliphatic hydroxyl groups excluding tert-OH is 1. The first kappa shape index (κ1) is 19.6. The minimum absolute atomic E-state index is 0.370. The largest absolute Gasteiger partial charge is 0.491 e. The van der Waals surface area contributed by atoms with Gasteiger partial charge < -0.3 is 19.6 Å².